The Kier molecular flexibility index (Phi) is 15.0. The summed E-state index contributed by atoms with van der Waals surface area (Å²) in [5, 5.41) is 65.4. The molecule has 0 bridgehead atoms. The van der Waals surface area contributed by atoms with Crippen LogP contribution in [0.15, 0.2) is 47.4 Å². The van der Waals surface area contributed by atoms with Crippen molar-refractivity contribution in [2.24, 2.45) is 5.41 Å². The van der Waals surface area contributed by atoms with Crippen molar-refractivity contribution in [2.45, 2.75) is 100 Å². The lowest BCUT2D eigenvalue weighted by Crippen LogP contribution is -2.51. The summed E-state index contributed by atoms with van der Waals surface area (Å²) in [6, 6.07) is 14.1. The molecule has 0 aromatic heterocycles. The van der Waals surface area contributed by atoms with Crippen molar-refractivity contribution < 1.29 is 40.2 Å². The van der Waals surface area contributed by atoms with E-state index in [9.17, 15) is 35.1 Å². The van der Waals surface area contributed by atoms with Gasteiger partial charge in [-0.25, -0.2) is 0 Å². The van der Waals surface area contributed by atoms with Crippen molar-refractivity contribution in [3.8, 4) is 0 Å². The van der Waals surface area contributed by atoms with Gasteiger partial charge in [0.1, 0.15) is 18.3 Å². The fraction of sp³-hybridized carbons (Fsp3) is 0.600. The molecular formula is C35H53N3O8S. The third kappa shape index (κ3) is 9.91. The van der Waals surface area contributed by atoms with Crippen LogP contribution in [-0.4, -0.2) is 106 Å². The Hall–Kier alpha value is -2.71. The normalized spacial score (nSPS) is 21.9. The number of aliphatic hydroxyl groups excluding tert-OH is 6. The van der Waals surface area contributed by atoms with E-state index in [1.807, 2.05) is 50.1 Å². The topological polar surface area (TPSA) is 183 Å². The van der Waals surface area contributed by atoms with Crippen LogP contribution in [0.3, 0.4) is 0 Å². The second-order valence-electron chi connectivity index (χ2n) is 12.7. The summed E-state index contributed by atoms with van der Waals surface area (Å²) in [4.78, 5) is 28.2. The maximum absolute atomic E-state index is 12.9. The highest BCUT2D eigenvalue weighted by Gasteiger charge is 2.44. The predicted molar refractivity (Wildman–Crippen MR) is 185 cm³/mol. The molecule has 3 unspecified atom stereocenters. The number of aliphatic hydroxyl groups is 6. The number of nitrogens with zero attached hydrogens (tertiary/aromatic N) is 1. The van der Waals surface area contributed by atoms with Gasteiger partial charge in [0.25, 0.3) is 5.91 Å². The molecule has 0 fully saturated rings. The lowest BCUT2D eigenvalue weighted by Gasteiger charge is -2.40. The Morgan fingerprint density at radius 3 is 2.43 bits per heavy atom. The summed E-state index contributed by atoms with van der Waals surface area (Å²) in [7, 11) is 4.01. The number of hydrogen-bond donors (Lipinski definition) is 8. The first-order valence-corrected chi connectivity index (χ1v) is 17.5. The number of rotatable bonds is 17. The molecule has 3 rings (SSSR count). The van der Waals surface area contributed by atoms with Crippen molar-refractivity contribution in [1.82, 2.24) is 5.32 Å². The largest absolute Gasteiger partial charge is 0.394 e. The van der Waals surface area contributed by atoms with Crippen LogP contribution in [0.1, 0.15) is 75.8 Å². The first-order valence-electron chi connectivity index (χ1n) is 16.5. The van der Waals surface area contributed by atoms with Crippen LogP contribution in [0.25, 0.3) is 0 Å². The number of carbonyl (C=O) groups is 2. The highest BCUT2D eigenvalue weighted by molar-refractivity contribution is 7.99. The van der Waals surface area contributed by atoms with Crippen molar-refractivity contribution in [2.75, 3.05) is 43.2 Å². The zero-order chi connectivity index (χ0) is 34.7. The minimum absolute atomic E-state index is 0.118. The summed E-state index contributed by atoms with van der Waals surface area (Å²) in [5.41, 5.74) is 3.45. The molecule has 262 valence electrons. The number of amides is 2. The van der Waals surface area contributed by atoms with Crippen molar-refractivity contribution in [3.05, 3.63) is 53.6 Å². The summed E-state index contributed by atoms with van der Waals surface area (Å²) >= 11 is 1.82. The van der Waals surface area contributed by atoms with Crippen LogP contribution < -0.4 is 15.5 Å². The molecule has 2 aromatic rings. The maximum Gasteiger partial charge on any atom is 0.251 e. The molecule has 2 aromatic carbocycles. The Morgan fingerprint density at radius 1 is 1.02 bits per heavy atom. The molecule has 2 amide bonds. The third-order valence-corrected chi connectivity index (χ3v) is 10.6. The molecule has 0 saturated carbocycles. The van der Waals surface area contributed by atoms with Gasteiger partial charge >= 0.3 is 0 Å². The number of fused-ring (bicyclic) bond motifs is 1. The van der Waals surface area contributed by atoms with E-state index in [0.29, 0.717) is 18.5 Å². The maximum atomic E-state index is 12.9. The van der Waals surface area contributed by atoms with Crippen LogP contribution in [0.4, 0.5) is 11.4 Å². The summed E-state index contributed by atoms with van der Waals surface area (Å²) in [6.45, 7) is 3.62. The fourth-order valence-corrected chi connectivity index (χ4v) is 7.53. The van der Waals surface area contributed by atoms with E-state index in [4.69, 9.17) is 5.11 Å². The summed E-state index contributed by atoms with van der Waals surface area (Å²) < 4.78 is 0. The number of benzene rings is 2. The predicted octanol–water partition coefficient (Wildman–Crippen LogP) is 2.60. The molecule has 0 radical (unpaired) electrons. The van der Waals surface area contributed by atoms with Gasteiger partial charge in [-0.2, -0.15) is 0 Å². The molecular weight excluding hydrogens is 622 g/mol. The van der Waals surface area contributed by atoms with Crippen LogP contribution in [0, 0.1) is 5.41 Å². The van der Waals surface area contributed by atoms with Gasteiger partial charge in [0.15, 0.2) is 6.10 Å². The molecule has 47 heavy (non-hydrogen) atoms. The number of nitrogens with one attached hydrogen (secondary N) is 2. The van der Waals surface area contributed by atoms with E-state index >= 15 is 0 Å². The smallest absolute Gasteiger partial charge is 0.251 e. The van der Waals surface area contributed by atoms with E-state index in [2.05, 4.69) is 47.6 Å². The lowest BCUT2D eigenvalue weighted by atomic mass is 9.69. The molecule has 12 heteroatoms. The molecule has 0 saturated heterocycles. The molecule has 11 nitrogen and oxygen atoms in total. The molecule has 1 aliphatic heterocycles. The molecule has 8 N–H and O–H groups in total. The number of carbonyl (C=O) groups excluding carboxylic acids is 2. The van der Waals surface area contributed by atoms with Crippen molar-refractivity contribution in [3.63, 3.8) is 0 Å². The first-order chi connectivity index (χ1) is 22.4. The average molecular weight is 676 g/mol. The van der Waals surface area contributed by atoms with E-state index in [-0.39, 0.29) is 30.2 Å². The highest BCUT2D eigenvalue weighted by atomic mass is 32.2. The third-order valence-electron chi connectivity index (χ3n) is 9.22. The zero-order valence-corrected chi connectivity index (χ0v) is 28.7. The van der Waals surface area contributed by atoms with E-state index in [1.165, 1.54) is 0 Å². The van der Waals surface area contributed by atoms with Crippen LogP contribution in [-0.2, 0) is 9.59 Å². The van der Waals surface area contributed by atoms with Crippen LogP contribution in [0.5, 0.6) is 0 Å². The number of thioether (sulfide) groups is 1. The average Bonchev–Trinajstić information content (AvgIpc) is 3.19. The van der Waals surface area contributed by atoms with Gasteiger partial charge in [0.05, 0.1) is 12.7 Å². The molecule has 0 spiro atoms. The Balaban J connectivity index is 1.68. The number of anilines is 2. The van der Waals surface area contributed by atoms with Gasteiger partial charge in [-0.05, 0) is 67.1 Å². The molecule has 1 aliphatic rings. The second-order valence-corrected chi connectivity index (χ2v) is 13.8. The minimum Gasteiger partial charge on any atom is -0.394 e. The number of unbranched alkanes of at least 4 members (excludes halogenated alkanes) is 2. The lowest BCUT2D eigenvalue weighted by molar-refractivity contribution is -0.148. The van der Waals surface area contributed by atoms with Gasteiger partial charge in [-0.1, -0.05) is 38.8 Å². The first kappa shape index (κ1) is 38.7. The highest BCUT2D eigenvalue weighted by Crippen LogP contribution is 2.51. The quantitative estimate of drug-likeness (QED) is 0.116. The summed E-state index contributed by atoms with van der Waals surface area (Å²) in [5.74, 6) is -0.592. The van der Waals surface area contributed by atoms with Crippen LogP contribution in [0.2, 0.25) is 0 Å². The second kappa shape index (κ2) is 18.2. The zero-order valence-electron chi connectivity index (χ0n) is 27.9. The Labute approximate surface area is 282 Å². The fourth-order valence-electron chi connectivity index (χ4n) is 6.06. The Morgan fingerprint density at radius 2 is 1.77 bits per heavy atom. The SMILES string of the molecule is CCCC[C@@]1(CC)CSc2ccc(N(C)C)cc2C(c2cccc(NC(=O)CCCCNC(=O)[C@H](O)[C@@H](O)[C@H](O)C(O)CO)c2)C1O. The van der Waals surface area contributed by atoms with E-state index in [1.54, 1.807) is 0 Å². The van der Waals surface area contributed by atoms with Crippen molar-refractivity contribution >= 4 is 35.0 Å². The minimum atomic E-state index is -2.00. The van der Waals surface area contributed by atoms with Gasteiger partial charge < -0.3 is 46.2 Å². The van der Waals surface area contributed by atoms with Gasteiger partial charge in [-0.3, -0.25) is 9.59 Å². The van der Waals surface area contributed by atoms with E-state index < -0.39 is 43.0 Å². The van der Waals surface area contributed by atoms with Gasteiger partial charge in [-0.15, -0.1) is 11.8 Å². The monoisotopic (exact) mass is 675 g/mol. The standard InChI is InChI=1S/C35H53N3O8S/c1-5-7-16-35(6-2)21-47-27-15-14-24(38(3)4)19-25(27)29(33(35)45)22-11-10-12-23(18-22)37-28(41)13-8-9-17-36-34(46)32(44)31(43)30(42)26(40)20-39/h10-12,14-15,18-19,26,29-33,39-40,42-45H,5-9,13,16-17,20-21H2,1-4H3,(H,36,46)(H,37,41)/t26?,29?,30-,31+,32-,33?,35+/m1/s1. The number of hydrogen-bond acceptors (Lipinski definition) is 10. The van der Waals surface area contributed by atoms with Gasteiger partial charge in [0, 0.05) is 60.4 Å². The summed E-state index contributed by atoms with van der Waals surface area (Å²) in [6.07, 6.45) is -3.27. The van der Waals surface area contributed by atoms with Crippen molar-refractivity contribution in [1.29, 1.82) is 0 Å². The Bertz CT molecular complexity index is 1310. The van der Waals surface area contributed by atoms with E-state index in [0.717, 1.165) is 53.1 Å². The molecule has 1 heterocycles. The van der Waals surface area contributed by atoms with Crippen LogP contribution >= 0.6 is 11.8 Å². The molecule has 7 atom stereocenters. The van der Waals surface area contributed by atoms with Gasteiger partial charge in [0.2, 0.25) is 5.91 Å². The molecule has 0 aliphatic carbocycles.